The summed E-state index contributed by atoms with van der Waals surface area (Å²) in [5.41, 5.74) is 8.18. The van der Waals surface area contributed by atoms with Crippen molar-refractivity contribution in [3.05, 3.63) is 34.9 Å². The van der Waals surface area contributed by atoms with Crippen LogP contribution in [0, 0.1) is 5.92 Å². The van der Waals surface area contributed by atoms with Crippen LogP contribution in [-0.2, 0) is 16.1 Å². The number of aliphatic carboxylic acids is 1. The molecule has 0 bridgehead atoms. The Labute approximate surface area is 173 Å². The highest BCUT2D eigenvalue weighted by Gasteiger charge is 2.36. The first-order chi connectivity index (χ1) is 13.8. The molecule has 1 aliphatic heterocycles. The maximum atomic E-state index is 12.8. The summed E-state index contributed by atoms with van der Waals surface area (Å²) in [5, 5.41) is 8.92. The van der Waals surface area contributed by atoms with Crippen LogP contribution in [-0.4, -0.2) is 33.8 Å². The highest BCUT2D eigenvalue weighted by molar-refractivity contribution is 6.01. The second-order valence-corrected chi connectivity index (χ2v) is 8.29. The first kappa shape index (κ1) is 22.9. The van der Waals surface area contributed by atoms with E-state index >= 15 is 0 Å². The van der Waals surface area contributed by atoms with E-state index in [9.17, 15) is 14.4 Å². The molecule has 160 valence electrons. The first-order valence-corrected chi connectivity index (χ1v) is 10.7. The van der Waals surface area contributed by atoms with Crippen LogP contribution in [0.5, 0.6) is 0 Å². The smallest absolute Gasteiger partial charge is 0.303 e. The molecule has 3 atom stereocenters. The number of primary amides is 1. The molecule has 1 heterocycles. The van der Waals surface area contributed by atoms with Crippen LogP contribution in [0.3, 0.4) is 0 Å². The number of amides is 2. The number of benzene rings is 1. The molecule has 6 heteroatoms. The fourth-order valence-electron chi connectivity index (χ4n) is 4.28. The molecule has 1 aromatic rings. The SMILES string of the molecule is CCCCC(C)CC(CC)c1ccc2c(c1)CN(C(CCC(=O)O)C(N)=O)C2=O. The number of carbonyl (C=O) groups excluding carboxylic acids is 2. The van der Waals surface area contributed by atoms with Crippen LogP contribution in [0.15, 0.2) is 18.2 Å². The van der Waals surface area contributed by atoms with Crippen molar-refractivity contribution >= 4 is 17.8 Å². The Morgan fingerprint density at radius 3 is 2.55 bits per heavy atom. The Kier molecular flexibility index (Phi) is 8.23. The molecule has 0 fully saturated rings. The van der Waals surface area contributed by atoms with Gasteiger partial charge in [0.15, 0.2) is 0 Å². The largest absolute Gasteiger partial charge is 0.481 e. The van der Waals surface area contributed by atoms with E-state index in [2.05, 4.69) is 26.8 Å². The monoisotopic (exact) mass is 402 g/mol. The van der Waals surface area contributed by atoms with Gasteiger partial charge in [-0.25, -0.2) is 0 Å². The molecule has 29 heavy (non-hydrogen) atoms. The van der Waals surface area contributed by atoms with Crippen molar-refractivity contribution in [3.63, 3.8) is 0 Å². The van der Waals surface area contributed by atoms with Crippen LogP contribution in [0.4, 0.5) is 0 Å². The fourth-order valence-corrected chi connectivity index (χ4v) is 4.28. The van der Waals surface area contributed by atoms with Crippen molar-refractivity contribution in [1.29, 1.82) is 0 Å². The minimum Gasteiger partial charge on any atom is -0.481 e. The van der Waals surface area contributed by atoms with E-state index in [1.165, 1.54) is 29.7 Å². The zero-order chi connectivity index (χ0) is 21.6. The van der Waals surface area contributed by atoms with Gasteiger partial charge < -0.3 is 15.7 Å². The Morgan fingerprint density at radius 1 is 1.24 bits per heavy atom. The number of nitrogens with zero attached hydrogens (tertiary/aromatic N) is 1. The summed E-state index contributed by atoms with van der Waals surface area (Å²) >= 11 is 0. The minimum atomic E-state index is -1.01. The number of unbranched alkanes of at least 4 members (excludes halogenated alkanes) is 1. The number of carboxylic acid groups (broad SMARTS) is 1. The molecule has 0 spiro atoms. The van der Waals surface area contributed by atoms with E-state index in [0.29, 0.717) is 23.9 Å². The Morgan fingerprint density at radius 2 is 1.97 bits per heavy atom. The Bertz CT molecular complexity index is 746. The summed E-state index contributed by atoms with van der Waals surface area (Å²) in [6, 6.07) is 5.06. The van der Waals surface area contributed by atoms with E-state index < -0.39 is 17.9 Å². The van der Waals surface area contributed by atoms with E-state index in [-0.39, 0.29) is 18.7 Å². The lowest BCUT2D eigenvalue weighted by Crippen LogP contribution is -2.45. The third-order valence-electron chi connectivity index (χ3n) is 6.00. The van der Waals surface area contributed by atoms with E-state index in [4.69, 9.17) is 10.8 Å². The molecular weight excluding hydrogens is 368 g/mol. The molecule has 3 N–H and O–H groups in total. The average molecular weight is 403 g/mol. The van der Waals surface area contributed by atoms with Crippen LogP contribution in [0.25, 0.3) is 0 Å². The summed E-state index contributed by atoms with van der Waals surface area (Å²) in [6.45, 7) is 7.01. The van der Waals surface area contributed by atoms with Gasteiger partial charge in [-0.05, 0) is 48.3 Å². The van der Waals surface area contributed by atoms with Gasteiger partial charge in [-0.2, -0.15) is 0 Å². The van der Waals surface area contributed by atoms with Crippen molar-refractivity contribution in [2.24, 2.45) is 11.7 Å². The van der Waals surface area contributed by atoms with Gasteiger partial charge in [0.25, 0.3) is 5.91 Å². The molecule has 3 unspecified atom stereocenters. The number of hydrogen-bond donors (Lipinski definition) is 2. The zero-order valence-electron chi connectivity index (χ0n) is 17.8. The van der Waals surface area contributed by atoms with Crippen LogP contribution < -0.4 is 5.73 Å². The molecule has 0 saturated heterocycles. The summed E-state index contributed by atoms with van der Waals surface area (Å²) in [5.74, 6) is -0.823. The topological polar surface area (TPSA) is 101 Å². The number of nitrogens with two attached hydrogens (primary N) is 1. The third kappa shape index (κ3) is 5.81. The molecule has 0 aromatic heterocycles. The predicted molar refractivity (Wildman–Crippen MR) is 113 cm³/mol. The molecule has 2 amide bonds. The van der Waals surface area contributed by atoms with E-state index in [1.54, 1.807) is 0 Å². The maximum Gasteiger partial charge on any atom is 0.303 e. The van der Waals surface area contributed by atoms with Gasteiger partial charge >= 0.3 is 5.97 Å². The van der Waals surface area contributed by atoms with Gasteiger partial charge in [0.05, 0.1) is 0 Å². The van der Waals surface area contributed by atoms with Crippen LogP contribution in [0.2, 0.25) is 0 Å². The quantitative estimate of drug-likeness (QED) is 0.550. The molecule has 0 radical (unpaired) electrons. The number of rotatable bonds is 12. The van der Waals surface area contributed by atoms with E-state index in [1.807, 2.05) is 12.1 Å². The Hall–Kier alpha value is -2.37. The minimum absolute atomic E-state index is 0.0315. The lowest BCUT2D eigenvalue weighted by molar-refractivity contribution is -0.137. The highest BCUT2D eigenvalue weighted by atomic mass is 16.4. The summed E-state index contributed by atoms with van der Waals surface area (Å²) < 4.78 is 0. The van der Waals surface area contributed by atoms with E-state index in [0.717, 1.165) is 18.4 Å². The van der Waals surface area contributed by atoms with Crippen molar-refractivity contribution in [3.8, 4) is 0 Å². The Balaban J connectivity index is 2.17. The van der Waals surface area contributed by atoms with Gasteiger partial charge in [-0.3, -0.25) is 14.4 Å². The normalized spacial score (nSPS) is 16.4. The molecule has 0 saturated carbocycles. The lowest BCUT2D eigenvalue weighted by atomic mass is 9.85. The summed E-state index contributed by atoms with van der Waals surface area (Å²) in [7, 11) is 0. The first-order valence-electron chi connectivity index (χ1n) is 10.7. The standard InChI is InChI=1S/C23H34N2O4/c1-4-6-7-15(3)12-16(5-2)17-8-9-19-18(13-17)14-25(23(19)29)20(22(24)28)10-11-21(26)27/h8-9,13,15-16,20H,4-7,10-12,14H2,1-3H3,(H2,24,28)(H,26,27). The van der Waals surface area contributed by atoms with Crippen LogP contribution >= 0.6 is 0 Å². The number of hydrogen-bond acceptors (Lipinski definition) is 3. The fraction of sp³-hybridized carbons (Fsp3) is 0.609. The summed E-state index contributed by atoms with van der Waals surface area (Å²) in [4.78, 5) is 37.0. The van der Waals surface area contributed by atoms with Crippen molar-refractivity contribution in [2.45, 2.75) is 84.2 Å². The van der Waals surface area contributed by atoms with Crippen molar-refractivity contribution in [1.82, 2.24) is 4.90 Å². The van der Waals surface area contributed by atoms with Gasteiger partial charge in [0.2, 0.25) is 5.91 Å². The molecule has 6 nitrogen and oxygen atoms in total. The summed E-state index contributed by atoms with van der Waals surface area (Å²) in [6.07, 6.45) is 5.67. The number of carboxylic acids is 1. The molecular formula is C23H34N2O4. The molecule has 1 aliphatic rings. The highest BCUT2D eigenvalue weighted by Crippen LogP contribution is 2.33. The number of fused-ring (bicyclic) bond motifs is 1. The molecule has 0 aliphatic carbocycles. The van der Waals surface area contributed by atoms with Crippen molar-refractivity contribution in [2.75, 3.05) is 0 Å². The van der Waals surface area contributed by atoms with Crippen molar-refractivity contribution < 1.29 is 19.5 Å². The lowest BCUT2D eigenvalue weighted by Gasteiger charge is -2.24. The second-order valence-electron chi connectivity index (χ2n) is 8.29. The van der Waals surface area contributed by atoms with Gasteiger partial charge in [-0.15, -0.1) is 0 Å². The van der Waals surface area contributed by atoms with Gasteiger partial charge in [0.1, 0.15) is 6.04 Å². The third-order valence-corrected chi connectivity index (χ3v) is 6.00. The zero-order valence-corrected chi connectivity index (χ0v) is 17.8. The maximum absolute atomic E-state index is 12.8. The predicted octanol–water partition coefficient (Wildman–Crippen LogP) is 4.07. The van der Waals surface area contributed by atoms with Gasteiger partial charge in [-0.1, -0.05) is 52.2 Å². The van der Waals surface area contributed by atoms with Gasteiger partial charge in [0, 0.05) is 18.5 Å². The molecule has 2 rings (SSSR count). The average Bonchev–Trinajstić information content (AvgIpc) is 3.00. The molecule has 1 aromatic carbocycles. The number of carbonyl (C=O) groups is 3. The second kappa shape index (κ2) is 10.4. The van der Waals surface area contributed by atoms with Crippen LogP contribution in [0.1, 0.15) is 93.1 Å².